The van der Waals surface area contributed by atoms with Gasteiger partial charge in [-0.2, -0.15) is 0 Å². The van der Waals surface area contributed by atoms with Gasteiger partial charge in [-0.25, -0.2) is 4.39 Å². The molecule has 0 radical (unpaired) electrons. The number of carboxylic acid groups (broad SMARTS) is 1. The van der Waals surface area contributed by atoms with E-state index in [1.165, 1.54) is 20.3 Å². The fourth-order valence-corrected chi connectivity index (χ4v) is 3.01. The van der Waals surface area contributed by atoms with Gasteiger partial charge in [-0.05, 0) is 18.9 Å². The Bertz CT molecular complexity index is 507. The Kier molecular flexibility index (Phi) is 4.16. The van der Waals surface area contributed by atoms with E-state index in [0.29, 0.717) is 12.8 Å². The molecule has 0 bridgehead atoms. The molecule has 0 amide bonds. The Balaban J connectivity index is 2.57. The minimum absolute atomic E-state index is 0.0313. The van der Waals surface area contributed by atoms with Crippen LogP contribution in [0.3, 0.4) is 0 Å². The van der Waals surface area contributed by atoms with Crippen molar-refractivity contribution in [3.05, 3.63) is 23.5 Å². The van der Waals surface area contributed by atoms with E-state index in [-0.39, 0.29) is 17.1 Å². The Morgan fingerprint density at radius 1 is 1.20 bits per heavy atom. The Hall–Kier alpha value is -1.78. The van der Waals surface area contributed by atoms with Crippen LogP contribution in [-0.4, -0.2) is 25.3 Å². The first-order chi connectivity index (χ1) is 9.56. The largest absolute Gasteiger partial charge is 0.493 e. The van der Waals surface area contributed by atoms with Crippen molar-refractivity contribution >= 4 is 5.97 Å². The summed E-state index contributed by atoms with van der Waals surface area (Å²) >= 11 is 0. The molecule has 4 nitrogen and oxygen atoms in total. The zero-order chi connectivity index (χ0) is 14.8. The number of ether oxygens (including phenoxy) is 2. The molecule has 110 valence electrons. The van der Waals surface area contributed by atoms with Crippen molar-refractivity contribution in [3.63, 3.8) is 0 Å². The average molecular weight is 282 g/mol. The normalized spacial score (nSPS) is 17.6. The van der Waals surface area contributed by atoms with Crippen molar-refractivity contribution in [1.29, 1.82) is 0 Å². The van der Waals surface area contributed by atoms with Gasteiger partial charge in [0.05, 0.1) is 19.6 Å². The number of hydrogen-bond acceptors (Lipinski definition) is 3. The van der Waals surface area contributed by atoms with Crippen LogP contribution >= 0.6 is 0 Å². The molecule has 1 aliphatic carbocycles. The highest BCUT2D eigenvalue weighted by Crippen LogP contribution is 2.44. The summed E-state index contributed by atoms with van der Waals surface area (Å²) in [4.78, 5) is 11.7. The van der Waals surface area contributed by atoms with E-state index in [9.17, 15) is 14.3 Å². The molecule has 1 aromatic rings. The first-order valence-electron chi connectivity index (χ1n) is 6.71. The summed E-state index contributed by atoms with van der Waals surface area (Å²) in [6, 6.07) is 3.08. The average Bonchev–Trinajstić information content (AvgIpc) is 2.47. The molecule has 2 rings (SSSR count). The molecule has 1 saturated carbocycles. The summed E-state index contributed by atoms with van der Waals surface area (Å²) in [7, 11) is 2.77. The van der Waals surface area contributed by atoms with Crippen molar-refractivity contribution in [2.75, 3.05) is 14.2 Å². The van der Waals surface area contributed by atoms with Gasteiger partial charge in [0.15, 0.2) is 17.3 Å². The third-order valence-electron chi connectivity index (χ3n) is 4.12. The quantitative estimate of drug-likeness (QED) is 0.921. The van der Waals surface area contributed by atoms with Gasteiger partial charge >= 0.3 is 5.97 Å². The second-order valence-electron chi connectivity index (χ2n) is 5.11. The monoisotopic (exact) mass is 282 g/mol. The van der Waals surface area contributed by atoms with Gasteiger partial charge < -0.3 is 14.6 Å². The van der Waals surface area contributed by atoms with Crippen molar-refractivity contribution < 1.29 is 23.8 Å². The van der Waals surface area contributed by atoms with E-state index < -0.39 is 17.2 Å². The topological polar surface area (TPSA) is 55.8 Å². The molecule has 0 saturated heterocycles. The van der Waals surface area contributed by atoms with Crippen LogP contribution in [0.1, 0.15) is 37.7 Å². The zero-order valence-corrected chi connectivity index (χ0v) is 11.7. The number of halogens is 1. The molecule has 1 N–H and O–H groups in total. The van der Waals surface area contributed by atoms with Crippen LogP contribution in [0.25, 0.3) is 0 Å². The molecule has 1 fully saturated rings. The summed E-state index contributed by atoms with van der Waals surface area (Å²) in [5.74, 6) is -1.36. The number of carboxylic acids is 1. The number of carbonyl (C=O) groups is 1. The van der Waals surface area contributed by atoms with E-state index in [1.54, 1.807) is 6.07 Å². The van der Waals surface area contributed by atoms with Gasteiger partial charge in [-0.1, -0.05) is 25.3 Å². The molecular weight excluding hydrogens is 263 g/mol. The second-order valence-corrected chi connectivity index (χ2v) is 5.11. The first-order valence-corrected chi connectivity index (χ1v) is 6.71. The maximum absolute atomic E-state index is 14.6. The smallest absolute Gasteiger partial charge is 0.314 e. The fourth-order valence-electron chi connectivity index (χ4n) is 3.01. The lowest BCUT2D eigenvalue weighted by Crippen LogP contribution is -2.38. The van der Waals surface area contributed by atoms with Crippen LogP contribution in [0.15, 0.2) is 12.1 Å². The molecule has 1 aromatic carbocycles. The van der Waals surface area contributed by atoms with E-state index in [2.05, 4.69) is 0 Å². The van der Waals surface area contributed by atoms with Gasteiger partial charge in [0.25, 0.3) is 0 Å². The molecule has 0 unspecified atom stereocenters. The second kappa shape index (κ2) is 5.69. The number of methoxy groups -OCH3 is 2. The maximum Gasteiger partial charge on any atom is 0.314 e. The predicted molar refractivity (Wildman–Crippen MR) is 71.9 cm³/mol. The fraction of sp³-hybridized carbons (Fsp3) is 0.533. The highest BCUT2D eigenvalue weighted by Gasteiger charge is 2.44. The molecule has 1 aliphatic rings. The van der Waals surface area contributed by atoms with Gasteiger partial charge in [-0.3, -0.25) is 4.79 Å². The Labute approximate surface area is 117 Å². The van der Waals surface area contributed by atoms with Crippen molar-refractivity contribution in [3.8, 4) is 11.5 Å². The summed E-state index contributed by atoms with van der Waals surface area (Å²) in [6.45, 7) is 0. The first kappa shape index (κ1) is 14.6. The number of rotatable bonds is 4. The molecule has 0 heterocycles. The van der Waals surface area contributed by atoms with Crippen molar-refractivity contribution in [2.45, 2.75) is 37.5 Å². The third kappa shape index (κ3) is 2.21. The summed E-state index contributed by atoms with van der Waals surface area (Å²) in [6.07, 6.45) is 3.48. The van der Waals surface area contributed by atoms with Gasteiger partial charge in [0.1, 0.15) is 0 Å². The predicted octanol–water partition coefficient (Wildman–Crippen LogP) is 3.13. The van der Waals surface area contributed by atoms with Crippen LogP contribution in [0.5, 0.6) is 11.5 Å². The third-order valence-corrected chi connectivity index (χ3v) is 4.12. The van der Waals surface area contributed by atoms with E-state index in [1.807, 2.05) is 0 Å². The standard InChI is InChI=1S/C15H19FO4/c1-19-11-7-6-10(12(16)13(11)20-2)15(14(17)18)8-4-3-5-9-15/h6-7H,3-5,8-9H2,1-2H3,(H,17,18). The number of hydrogen-bond donors (Lipinski definition) is 1. The molecule has 0 aliphatic heterocycles. The number of aliphatic carboxylic acids is 1. The molecule has 0 atom stereocenters. The lowest BCUT2D eigenvalue weighted by molar-refractivity contribution is -0.145. The summed E-state index contributed by atoms with van der Waals surface area (Å²) in [5, 5.41) is 9.62. The summed E-state index contributed by atoms with van der Waals surface area (Å²) < 4.78 is 24.7. The van der Waals surface area contributed by atoms with Gasteiger partial charge in [0, 0.05) is 5.56 Å². The van der Waals surface area contributed by atoms with E-state index in [0.717, 1.165) is 19.3 Å². The minimum atomic E-state index is -1.15. The van der Waals surface area contributed by atoms with Crippen LogP contribution in [0, 0.1) is 5.82 Å². The summed E-state index contributed by atoms with van der Waals surface area (Å²) in [5.41, 5.74) is -0.954. The SMILES string of the molecule is COc1ccc(C2(C(=O)O)CCCCC2)c(F)c1OC. The molecule has 20 heavy (non-hydrogen) atoms. The van der Waals surface area contributed by atoms with Crippen LogP contribution < -0.4 is 9.47 Å². The lowest BCUT2D eigenvalue weighted by Gasteiger charge is -2.34. The Morgan fingerprint density at radius 2 is 1.85 bits per heavy atom. The van der Waals surface area contributed by atoms with Crippen LogP contribution in [-0.2, 0) is 10.2 Å². The van der Waals surface area contributed by atoms with Crippen molar-refractivity contribution in [1.82, 2.24) is 0 Å². The van der Waals surface area contributed by atoms with Crippen molar-refractivity contribution in [2.24, 2.45) is 0 Å². The van der Waals surface area contributed by atoms with Gasteiger partial charge in [-0.15, -0.1) is 0 Å². The zero-order valence-electron chi connectivity index (χ0n) is 11.7. The molecule has 5 heteroatoms. The molecular formula is C15H19FO4. The van der Waals surface area contributed by atoms with E-state index >= 15 is 0 Å². The van der Waals surface area contributed by atoms with Gasteiger partial charge in [0.2, 0.25) is 0 Å². The van der Waals surface area contributed by atoms with Crippen LogP contribution in [0.4, 0.5) is 4.39 Å². The molecule has 0 aromatic heterocycles. The minimum Gasteiger partial charge on any atom is -0.493 e. The lowest BCUT2D eigenvalue weighted by atomic mass is 9.69. The Morgan fingerprint density at radius 3 is 2.35 bits per heavy atom. The maximum atomic E-state index is 14.6. The highest BCUT2D eigenvalue weighted by atomic mass is 19.1. The highest BCUT2D eigenvalue weighted by molar-refractivity contribution is 5.82. The molecule has 0 spiro atoms. The number of benzene rings is 1. The van der Waals surface area contributed by atoms with Crippen LogP contribution in [0.2, 0.25) is 0 Å². The van der Waals surface area contributed by atoms with E-state index in [4.69, 9.17) is 9.47 Å².